The lowest BCUT2D eigenvalue weighted by atomic mass is 10.1. The van der Waals surface area contributed by atoms with Gasteiger partial charge in [0, 0.05) is 5.38 Å². The molecule has 0 unspecified atom stereocenters. The first kappa shape index (κ1) is 11.1. The average Bonchev–Trinajstić information content (AvgIpc) is 2.51. The van der Waals surface area contributed by atoms with E-state index in [1.165, 1.54) is 0 Å². The smallest absolute Gasteiger partial charge is 0.0901 e. The van der Waals surface area contributed by atoms with Crippen LogP contribution in [0.3, 0.4) is 0 Å². The van der Waals surface area contributed by atoms with Crippen LogP contribution in [0.5, 0.6) is 0 Å². The molecule has 14 heavy (non-hydrogen) atoms. The zero-order valence-corrected chi connectivity index (χ0v) is 9.34. The molecule has 0 spiro atoms. The van der Waals surface area contributed by atoms with E-state index in [0.717, 1.165) is 16.3 Å². The fourth-order valence-corrected chi connectivity index (χ4v) is 1.69. The maximum atomic E-state index is 9.62. The molecule has 0 aliphatic carbocycles. The number of hydrogen-bond donors (Lipinski definition) is 1. The van der Waals surface area contributed by atoms with E-state index in [1.54, 1.807) is 17.4 Å². The first-order valence-corrected chi connectivity index (χ1v) is 5.40. The van der Waals surface area contributed by atoms with Crippen molar-refractivity contribution in [1.29, 1.82) is 0 Å². The summed E-state index contributed by atoms with van der Waals surface area (Å²) in [6.45, 7) is 7.47. The maximum absolute atomic E-state index is 9.62. The van der Waals surface area contributed by atoms with Crippen LogP contribution >= 0.6 is 11.3 Å². The van der Waals surface area contributed by atoms with Gasteiger partial charge in [-0.1, -0.05) is 6.08 Å². The molecule has 0 amide bonds. The van der Waals surface area contributed by atoms with E-state index in [9.17, 15) is 5.11 Å². The van der Waals surface area contributed by atoms with Crippen LogP contribution in [0.1, 0.15) is 24.0 Å². The van der Waals surface area contributed by atoms with Crippen molar-refractivity contribution in [3.63, 3.8) is 0 Å². The molecule has 0 aromatic carbocycles. The summed E-state index contributed by atoms with van der Waals surface area (Å²) in [6, 6.07) is 0. The highest BCUT2D eigenvalue weighted by Gasteiger charge is 2.04. The Morgan fingerprint density at radius 2 is 2.50 bits per heavy atom. The van der Waals surface area contributed by atoms with Gasteiger partial charge in [0.05, 0.1) is 16.8 Å². The largest absolute Gasteiger partial charge is 0.388 e. The van der Waals surface area contributed by atoms with Crippen LogP contribution in [0.2, 0.25) is 0 Å². The summed E-state index contributed by atoms with van der Waals surface area (Å²) in [5.41, 5.74) is 1.85. The molecule has 1 atom stereocenters. The van der Waals surface area contributed by atoms with E-state index in [2.05, 4.69) is 11.6 Å². The third-order valence-corrected chi connectivity index (χ3v) is 2.72. The van der Waals surface area contributed by atoms with Crippen molar-refractivity contribution in [2.45, 2.75) is 26.4 Å². The molecule has 1 rings (SSSR count). The number of aromatic nitrogens is 1. The molecular formula is C11H15NOS. The van der Waals surface area contributed by atoms with Gasteiger partial charge in [0.15, 0.2) is 0 Å². The van der Waals surface area contributed by atoms with E-state index in [0.29, 0.717) is 6.42 Å². The van der Waals surface area contributed by atoms with Crippen LogP contribution in [0.15, 0.2) is 23.6 Å². The van der Waals surface area contributed by atoms with E-state index >= 15 is 0 Å². The first-order chi connectivity index (χ1) is 6.63. The molecule has 0 fully saturated rings. The zero-order valence-electron chi connectivity index (χ0n) is 8.53. The van der Waals surface area contributed by atoms with Gasteiger partial charge in [0.1, 0.15) is 0 Å². The highest BCUT2D eigenvalue weighted by atomic mass is 32.1. The van der Waals surface area contributed by atoms with Crippen molar-refractivity contribution >= 4 is 17.4 Å². The van der Waals surface area contributed by atoms with Crippen LogP contribution in [-0.2, 0) is 0 Å². The lowest BCUT2D eigenvalue weighted by Gasteiger charge is -2.07. The van der Waals surface area contributed by atoms with Crippen LogP contribution < -0.4 is 0 Å². The normalized spacial score (nSPS) is 14.1. The van der Waals surface area contributed by atoms with Crippen LogP contribution in [0.4, 0.5) is 0 Å². The van der Waals surface area contributed by atoms with Gasteiger partial charge < -0.3 is 5.11 Å². The summed E-state index contributed by atoms with van der Waals surface area (Å²) in [7, 11) is 0. The summed E-state index contributed by atoms with van der Waals surface area (Å²) in [6.07, 6.45) is 3.78. The summed E-state index contributed by atoms with van der Waals surface area (Å²) >= 11 is 1.61. The molecule has 3 heteroatoms. The van der Waals surface area contributed by atoms with E-state index in [4.69, 9.17) is 0 Å². The van der Waals surface area contributed by atoms with E-state index in [1.807, 2.05) is 25.3 Å². The third kappa shape index (κ3) is 3.09. The van der Waals surface area contributed by atoms with E-state index < -0.39 is 6.10 Å². The number of aryl methyl sites for hydroxylation is 1. The highest BCUT2D eigenvalue weighted by molar-refractivity contribution is 7.09. The molecule has 0 radical (unpaired) electrons. The van der Waals surface area contributed by atoms with E-state index in [-0.39, 0.29) is 0 Å². The Hall–Kier alpha value is -0.930. The average molecular weight is 209 g/mol. The van der Waals surface area contributed by atoms with Crippen molar-refractivity contribution in [3.05, 3.63) is 34.3 Å². The standard InChI is InChI=1S/C11H15NOS/c1-4-5-11(13)8(2)6-10-7-14-9(3)12-10/h4,6-7,11,13H,1,5H2,2-3H3/b8-6+/t11-/m0/s1. The number of rotatable bonds is 4. The van der Waals surface area contributed by atoms with Gasteiger partial charge in [0.2, 0.25) is 0 Å². The Morgan fingerprint density at radius 3 is 3.00 bits per heavy atom. The number of aliphatic hydroxyl groups excluding tert-OH is 1. The summed E-state index contributed by atoms with van der Waals surface area (Å²) in [5, 5.41) is 12.7. The van der Waals surface area contributed by atoms with Crippen molar-refractivity contribution in [2.75, 3.05) is 0 Å². The second-order valence-electron chi connectivity index (χ2n) is 3.22. The van der Waals surface area contributed by atoms with Crippen molar-refractivity contribution < 1.29 is 5.11 Å². The van der Waals surface area contributed by atoms with Gasteiger partial charge in [-0.2, -0.15) is 0 Å². The predicted octanol–water partition coefficient (Wildman–Crippen LogP) is 2.79. The Morgan fingerprint density at radius 1 is 1.79 bits per heavy atom. The highest BCUT2D eigenvalue weighted by Crippen LogP contribution is 2.14. The maximum Gasteiger partial charge on any atom is 0.0901 e. The fraction of sp³-hybridized carbons (Fsp3) is 0.364. The second kappa shape index (κ2) is 5.08. The van der Waals surface area contributed by atoms with Gasteiger partial charge in [-0.25, -0.2) is 4.98 Å². The minimum Gasteiger partial charge on any atom is -0.388 e. The quantitative estimate of drug-likeness (QED) is 0.773. The lowest BCUT2D eigenvalue weighted by Crippen LogP contribution is -2.05. The van der Waals surface area contributed by atoms with Gasteiger partial charge in [-0.3, -0.25) is 0 Å². The van der Waals surface area contributed by atoms with Crippen molar-refractivity contribution in [1.82, 2.24) is 4.98 Å². The molecule has 0 aliphatic heterocycles. The summed E-state index contributed by atoms with van der Waals surface area (Å²) in [5.74, 6) is 0. The SMILES string of the molecule is C=CC[C@H](O)/C(C)=C/c1csc(C)n1. The minimum atomic E-state index is -0.436. The van der Waals surface area contributed by atoms with Crippen LogP contribution in [0, 0.1) is 6.92 Å². The molecule has 76 valence electrons. The monoisotopic (exact) mass is 209 g/mol. The minimum absolute atomic E-state index is 0.436. The Bertz CT molecular complexity index is 341. The van der Waals surface area contributed by atoms with Crippen LogP contribution in [-0.4, -0.2) is 16.2 Å². The number of nitrogens with zero attached hydrogens (tertiary/aromatic N) is 1. The van der Waals surface area contributed by atoms with Gasteiger partial charge in [-0.15, -0.1) is 17.9 Å². The fourth-order valence-electron chi connectivity index (χ4n) is 1.12. The van der Waals surface area contributed by atoms with Crippen molar-refractivity contribution in [2.24, 2.45) is 0 Å². The third-order valence-electron chi connectivity index (χ3n) is 1.93. The Kier molecular flexibility index (Phi) is 4.04. The second-order valence-corrected chi connectivity index (χ2v) is 4.28. The first-order valence-electron chi connectivity index (χ1n) is 4.52. The Balaban J connectivity index is 2.72. The summed E-state index contributed by atoms with van der Waals surface area (Å²) in [4.78, 5) is 4.30. The zero-order chi connectivity index (χ0) is 10.6. The topological polar surface area (TPSA) is 33.1 Å². The molecule has 1 aromatic heterocycles. The van der Waals surface area contributed by atoms with Gasteiger partial charge >= 0.3 is 0 Å². The number of hydrogen-bond acceptors (Lipinski definition) is 3. The Labute approximate surface area is 88.6 Å². The molecule has 1 aromatic rings. The molecule has 2 nitrogen and oxygen atoms in total. The van der Waals surface area contributed by atoms with Crippen LogP contribution in [0.25, 0.3) is 6.08 Å². The van der Waals surface area contributed by atoms with Gasteiger partial charge in [-0.05, 0) is 31.9 Å². The predicted molar refractivity (Wildman–Crippen MR) is 61.3 cm³/mol. The molecule has 0 saturated heterocycles. The van der Waals surface area contributed by atoms with Gasteiger partial charge in [0.25, 0.3) is 0 Å². The molecule has 0 bridgehead atoms. The number of aliphatic hydroxyl groups is 1. The summed E-state index contributed by atoms with van der Waals surface area (Å²) < 4.78 is 0. The van der Waals surface area contributed by atoms with Crippen molar-refractivity contribution in [3.8, 4) is 0 Å². The number of thiazole rings is 1. The molecule has 0 aliphatic rings. The molecule has 1 N–H and O–H groups in total. The molecule has 0 saturated carbocycles. The lowest BCUT2D eigenvalue weighted by molar-refractivity contribution is 0.215. The molecule has 1 heterocycles. The molecular weight excluding hydrogens is 194 g/mol.